The van der Waals surface area contributed by atoms with Gasteiger partial charge in [-0.15, -0.1) is 11.3 Å². The monoisotopic (exact) mass is 347 g/mol. The number of hydrogen-bond acceptors (Lipinski definition) is 5. The maximum atomic E-state index is 12.6. The Kier molecular flexibility index (Phi) is 5.13. The predicted octanol–water partition coefficient (Wildman–Crippen LogP) is 1.24. The van der Waals surface area contributed by atoms with Crippen LogP contribution in [0.3, 0.4) is 0 Å². The molecule has 3 heterocycles. The number of H-pyrrole nitrogens is 1. The quantitative estimate of drug-likeness (QED) is 0.872. The van der Waals surface area contributed by atoms with Gasteiger partial charge in [0.2, 0.25) is 0 Å². The largest absolute Gasteiger partial charge is 0.392 e. The summed E-state index contributed by atoms with van der Waals surface area (Å²) < 4.78 is 0. The number of piperazine rings is 1. The molecule has 24 heavy (non-hydrogen) atoms. The summed E-state index contributed by atoms with van der Waals surface area (Å²) in [6.07, 6.45) is -0.375. The van der Waals surface area contributed by atoms with Gasteiger partial charge in [0.05, 0.1) is 16.7 Å². The molecule has 128 valence electrons. The lowest BCUT2D eigenvalue weighted by Gasteiger charge is -2.35. The highest BCUT2D eigenvalue weighted by Gasteiger charge is 2.24. The number of aromatic nitrogens is 1. The molecule has 1 saturated heterocycles. The van der Waals surface area contributed by atoms with Gasteiger partial charge in [-0.25, -0.2) is 0 Å². The lowest BCUT2D eigenvalue weighted by molar-refractivity contribution is 0.0552. The van der Waals surface area contributed by atoms with E-state index in [4.69, 9.17) is 0 Å². The second kappa shape index (κ2) is 7.29. The Labute approximate surface area is 144 Å². The average molecular weight is 347 g/mol. The zero-order valence-corrected chi connectivity index (χ0v) is 14.4. The molecule has 2 N–H and O–H groups in total. The number of aliphatic hydroxyl groups is 1. The van der Waals surface area contributed by atoms with E-state index in [0.717, 1.165) is 10.6 Å². The summed E-state index contributed by atoms with van der Waals surface area (Å²) in [6.45, 7) is 4.92. The molecule has 2 aromatic heterocycles. The van der Waals surface area contributed by atoms with Crippen molar-refractivity contribution < 1.29 is 9.90 Å². The Morgan fingerprint density at radius 1 is 1.29 bits per heavy atom. The van der Waals surface area contributed by atoms with E-state index in [9.17, 15) is 14.7 Å². The molecule has 3 rings (SSSR count). The van der Waals surface area contributed by atoms with Gasteiger partial charge < -0.3 is 15.0 Å². The van der Waals surface area contributed by atoms with Gasteiger partial charge in [-0.1, -0.05) is 6.07 Å². The minimum atomic E-state index is -0.375. The van der Waals surface area contributed by atoms with E-state index in [1.165, 1.54) is 0 Å². The van der Waals surface area contributed by atoms with E-state index < -0.39 is 0 Å². The second-order valence-corrected chi connectivity index (χ2v) is 6.98. The van der Waals surface area contributed by atoms with Crippen LogP contribution in [0.25, 0.3) is 10.6 Å². The molecule has 1 fully saturated rings. The summed E-state index contributed by atoms with van der Waals surface area (Å²) in [6, 6.07) is 7.24. The third-order valence-corrected chi connectivity index (χ3v) is 5.01. The molecule has 7 heteroatoms. The number of β-amino-alcohol motifs (C(OH)–C–C–N with tert-alkyl or cyclic N) is 1. The van der Waals surface area contributed by atoms with E-state index in [0.29, 0.717) is 32.7 Å². The number of carbonyl (C=O) groups excluding carboxylic acids is 1. The Balaban J connectivity index is 1.69. The van der Waals surface area contributed by atoms with Crippen LogP contribution in [-0.2, 0) is 0 Å². The number of pyridine rings is 1. The van der Waals surface area contributed by atoms with Gasteiger partial charge in [0, 0.05) is 32.7 Å². The molecule has 1 atom stereocenters. The minimum Gasteiger partial charge on any atom is -0.392 e. The molecular weight excluding hydrogens is 326 g/mol. The number of thiophene rings is 1. The molecule has 6 nitrogen and oxygen atoms in total. The van der Waals surface area contributed by atoms with Gasteiger partial charge in [0.1, 0.15) is 5.56 Å². The molecule has 0 aromatic carbocycles. The summed E-state index contributed by atoms with van der Waals surface area (Å²) in [4.78, 5) is 32.5. The van der Waals surface area contributed by atoms with Crippen LogP contribution in [0.1, 0.15) is 17.3 Å². The molecule has 0 radical (unpaired) electrons. The molecule has 1 aliphatic heterocycles. The maximum Gasteiger partial charge on any atom is 0.261 e. The first kappa shape index (κ1) is 16.9. The highest BCUT2D eigenvalue weighted by Crippen LogP contribution is 2.21. The lowest BCUT2D eigenvalue weighted by Crippen LogP contribution is -2.50. The number of hydrogen-bond donors (Lipinski definition) is 2. The fourth-order valence-corrected chi connectivity index (χ4v) is 3.60. The van der Waals surface area contributed by atoms with E-state index in [-0.39, 0.29) is 23.1 Å². The van der Waals surface area contributed by atoms with E-state index >= 15 is 0 Å². The number of carbonyl (C=O) groups is 1. The predicted molar refractivity (Wildman–Crippen MR) is 94.4 cm³/mol. The molecule has 0 aliphatic carbocycles. The van der Waals surface area contributed by atoms with Crippen LogP contribution in [0.2, 0.25) is 0 Å². The Bertz CT molecular complexity index is 747. The van der Waals surface area contributed by atoms with Crippen molar-refractivity contribution in [1.82, 2.24) is 14.8 Å². The van der Waals surface area contributed by atoms with E-state index in [2.05, 4.69) is 9.88 Å². The minimum absolute atomic E-state index is 0.180. The van der Waals surface area contributed by atoms with Crippen molar-refractivity contribution in [1.29, 1.82) is 0 Å². The van der Waals surface area contributed by atoms with Crippen molar-refractivity contribution in [2.75, 3.05) is 32.7 Å². The number of amides is 1. The number of aromatic amines is 1. The summed E-state index contributed by atoms with van der Waals surface area (Å²) >= 11 is 1.54. The van der Waals surface area contributed by atoms with Crippen LogP contribution in [0.4, 0.5) is 0 Å². The number of nitrogens with zero attached hydrogens (tertiary/aromatic N) is 2. The Morgan fingerprint density at radius 2 is 2.04 bits per heavy atom. The van der Waals surface area contributed by atoms with Gasteiger partial charge in [-0.2, -0.15) is 0 Å². The summed E-state index contributed by atoms with van der Waals surface area (Å²) in [5, 5.41) is 11.4. The standard InChI is InChI=1S/C17H21N3O3S/c1-12(21)11-19-6-8-20(9-7-19)17(23)13-4-5-14(18-16(13)22)15-3-2-10-24-15/h2-5,10,12,21H,6-9,11H2,1H3,(H,18,22). The van der Waals surface area contributed by atoms with Gasteiger partial charge in [0.25, 0.3) is 11.5 Å². The summed E-state index contributed by atoms with van der Waals surface area (Å²) in [5.74, 6) is -0.231. The van der Waals surface area contributed by atoms with Crippen molar-refractivity contribution in [2.24, 2.45) is 0 Å². The fraction of sp³-hybridized carbons (Fsp3) is 0.412. The van der Waals surface area contributed by atoms with Crippen LogP contribution in [0.15, 0.2) is 34.4 Å². The van der Waals surface area contributed by atoms with Gasteiger partial charge in [0.15, 0.2) is 0 Å². The first-order valence-corrected chi connectivity index (χ1v) is 8.89. The molecule has 0 spiro atoms. The fourth-order valence-electron chi connectivity index (χ4n) is 2.90. The second-order valence-electron chi connectivity index (χ2n) is 6.03. The van der Waals surface area contributed by atoms with Crippen molar-refractivity contribution in [3.8, 4) is 10.6 Å². The third-order valence-electron chi connectivity index (χ3n) is 4.11. The lowest BCUT2D eigenvalue weighted by atomic mass is 10.2. The molecule has 0 saturated carbocycles. The molecule has 1 unspecified atom stereocenters. The zero-order valence-electron chi connectivity index (χ0n) is 13.6. The van der Waals surface area contributed by atoms with Crippen LogP contribution in [0.5, 0.6) is 0 Å². The molecule has 1 amide bonds. The van der Waals surface area contributed by atoms with Crippen LogP contribution < -0.4 is 5.56 Å². The number of nitrogens with one attached hydrogen (secondary N) is 1. The van der Waals surface area contributed by atoms with E-state index in [1.54, 1.807) is 35.3 Å². The van der Waals surface area contributed by atoms with E-state index in [1.807, 2.05) is 17.5 Å². The topological polar surface area (TPSA) is 76.6 Å². The number of rotatable bonds is 4. The average Bonchev–Trinajstić information content (AvgIpc) is 3.09. The van der Waals surface area contributed by atoms with Gasteiger partial charge >= 0.3 is 0 Å². The van der Waals surface area contributed by atoms with Gasteiger partial charge in [-0.3, -0.25) is 14.5 Å². The van der Waals surface area contributed by atoms with Crippen molar-refractivity contribution in [3.63, 3.8) is 0 Å². The Morgan fingerprint density at radius 3 is 2.62 bits per heavy atom. The molecular formula is C17H21N3O3S. The first-order valence-electron chi connectivity index (χ1n) is 8.01. The van der Waals surface area contributed by atoms with Crippen molar-refractivity contribution in [3.05, 3.63) is 45.6 Å². The first-order chi connectivity index (χ1) is 11.5. The maximum absolute atomic E-state index is 12.6. The Hall–Kier alpha value is -1.96. The SMILES string of the molecule is CC(O)CN1CCN(C(=O)c2ccc(-c3cccs3)[nH]c2=O)CC1. The summed E-state index contributed by atoms with van der Waals surface area (Å²) in [5.41, 5.74) is 0.560. The zero-order chi connectivity index (χ0) is 17.1. The highest BCUT2D eigenvalue weighted by molar-refractivity contribution is 7.13. The van der Waals surface area contributed by atoms with Crippen LogP contribution >= 0.6 is 11.3 Å². The normalized spacial score (nSPS) is 17.0. The van der Waals surface area contributed by atoms with Crippen molar-refractivity contribution in [2.45, 2.75) is 13.0 Å². The summed E-state index contributed by atoms with van der Waals surface area (Å²) in [7, 11) is 0. The molecule has 0 bridgehead atoms. The highest BCUT2D eigenvalue weighted by atomic mass is 32.1. The van der Waals surface area contributed by atoms with Crippen LogP contribution in [0, 0.1) is 0 Å². The van der Waals surface area contributed by atoms with Crippen LogP contribution in [-0.4, -0.2) is 64.6 Å². The third kappa shape index (κ3) is 3.75. The molecule has 1 aliphatic rings. The molecule has 2 aromatic rings. The smallest absolute Gasteiger partial charge is 0.261 e. The number of aliphatic hydroxyl groups excluding tert-OH is 1. The van der Waals surface area contributed by atoms with Crippen molar-refractivity contribution >= 4 is 17.2 Å². The van der Waals surface area contributed by atoms with Gasteiger partial charge in [-0.05, 0) is 30.5 Å².